The summed E-state index contributed by atoms with van der Waals surface area (Å²) >= 11 is 0. The van der Waals surface area contributed by atoms with E-state index in [0.717, 1.165) is 4.57 Å². The molecule has 0 atom stereocenters. The number of carbonyl (C=O) groups is 2. The molecule has 104 valence electrons. The second kappa shape index (κ2) is 5.12. The lowest BCUT2D eigenvalue weighted by Crippen LogP contribution is -2.25. The minimum atomic E-state index is -1.14. The van der Waals surface area contributed by atoms with Crippen LogP contribution in [0.2, 0.25) is 0 Å². The average molecular weight is 276 g/mol. The first kappa shape index (κ1) is 13.7. The predicted octanol–water partition coefficient (Wildman–Crippen LogP) is 0.687. The van der Waals surface area contributed by atoms with Gasteiger partial charge in [0.2, 0.25) is 0 Å². The lowest BCUT2D eigenvalue weighted by atomic mass is 10.1. The molecule has 2 heterocycles. The van der Waals surface area contributed by atoms with Crippen LogP contribution in [0.3, 0.4) is 0 Å². The summed E-state index contributed by atoms with van der Waals surface area (Å²) in [6.07, 6.45) is 0.726. The van der Waals surface area contributed by atoms with Crippen LogP contribution in [0.1, 0.15) is 23.2 Å². The predicted molar refractivity (Wildman–Crippen MR) is 69.8 cm³/mol. The van der Waals surface area contributed by atoms with Gasteiger partial charge in [-0.25, -0.2) is 4.98 Å². The van der Waals surface area contributed by atoms with Gasteiger partial charge in [-0.05, 0) is 12.1 Å². The number of carboxylic acids is 1. The zero-order valence-corrected chi connectivity index (χ0v) is 10.7. The fraction of sp³-hybridized carbons (Fsp3) is 0.231. The summed E-state index contributed by atoms with van der Waals surface area (Å²) < 4.78 is 1.16. The van der Waals surface area contributed by atoms with E-state index >= 15 is 0 Å². The van der Waals surface area contributed by atoms with Crippen molar-refractivity contribution < 1.29 is 19.8 Å². The smallest absolute Gasteiger partial charge is 0.303 e. The second-order valence-corrected chi connectivity index (χ2v) is 4.28. The van der Waals surface area contributed by atoms with Gasteiger partial charge < -0.3 is 10.2 Å². The molecule has 0 radical (unpaired) electrons. The maximum absolute atomic E-state index is 12.1. The first-order chi connectivity index (χ1) is 9.43. The van der Waals surface area contributed by atoms with Crippen molar-refractivity contribution in [3.63, 3.8) is 0 Å². The number of ketones is 1. The minimum absolute atomic E-state index is 0.254. The standard InChI is InChI=1S/C13H12N2O5/c1-15-12-7(3-2-6-14-12)11(19)10(13(15)20)8(16)4-5-9(17)18/h2-3,6,19H,4-5H2,1H3,(H,17,18). The summed E-state index contributed by atoms with van der Waals surface area (Å²) in [7, 11) is 1.44. The van der Waals surface area contributed by atoms with Crippen molar-refractivity contribution in [1.82, 2.24) is 9.55 Å². The molecule has 0 saturated carbocycles. The van der Waals surface area contributed by atoms with Crippen molar-refractivity contribution in [2.45, 2.75) is 12.8 Å². The van der Waals surface area contributed by atoms with Crippen LogP contribution in [-0.2, 0) is 11.8 Å². The van der Waals surface area contributed by atoms with Crippen molar-refractivity contribution in [1.29, 1.82) is 0 Å². The topological polar surface area (TPSA) is 109 Å². The van der Waals surface area contributed by atoms with E-state index in [4.69, 9.17) is 5.11 Å². The Labute approximate surface area is 113 Å². The first-order valence-corrected chi connectivity index (χ1v) is 5.85. The van der Waals surface area contributed by atoms with E-state index in [-0.39, 0.29) is 17.5 Å². The minimum Gasteiger partial charge on any atom is -0.506 e. The molecule has 0 fully saturated rings. The third-order valence-electron chi connectivity index (χ3n) is 2.96. The number of nitrogens with zero attached hydrogens (tertiary/aromatic N) is 2. The lowest BCUT2D eigenvalue weighted by molar-refractivity contribution is -0.136. The van der Waals surface area contributed by atoms with Gasteiger partial charge in [0.15, 0.2) is 5.78 Å². The number of hydrogen-bond acceptors (Lipinski definition) is 5. The third-order valence-corrected chi connectivity index (χ3v) is 2.96. The largest absolute Gasteiger partial charge is 0.506 e. The number of aromatic nitrogens is 2. The van der Waals surface area contributed by atoms with Gasteiger partial charge in [0, 0.05) is 19.7 Å². The maximum atomic E-state index is 12.1. The highest BCUT2D eigenvalue weighted by Gasteiger charge is 2.21. The molecule has 2 rings (SSSR count). The first-order valence-electron chi connectivity index (χ1n) is 5.85. The highest BCUT2D eigenvalue weighted by Crippen LogP contribution is 2.25. The van der Waals surface area contributed by atoms with Crippen LogP contribution in [0.5, 0.6) is 5.75 Å². The number of Topliss-reactive ketones (excluding diaryl/α,β-unsaturated/α-hetero) is 1. The fourth-order valence-corrected chi connectivity index (χ4v) is 1.95. The number of fused-ring (bicyclic) bond motifs is 1. The van der Waals surface area contributed by atoms with Crippen molar-refractivity contribution in [3.8, 4) is 5.75 Å². The van der Waals surface area contributed by atoms with E-state index in [0.29, 0.717) is 0 Å². The van der Waals surface area contributed by atoms with Crippen molar-refractivity contribution in [3.05, 3.63) is 34.2 Å². The number of rotatable bonds is 4. The van der Waals surface area contributed by atoms with Gasteiger partial charge in [-0.2, -0.15) is 0 Å². The second-order valence-electron chi connectivity index (χ2n) is 4.28. The molecule has 0 bridgehead atoms. The molecule has 2 aromatic rings. The Hall–Kier alpha value is -2.70. The third kappa shape index (κ3) is 2.25. The number of carbonyl (C=O) groups excluding carboxylic acids is 1. The van der Waals surface area contributed by atoms with Crippen LogP contribution in [-0.4, -0.2) is 31.5 Å². The van der Waals surface area contributed by atoms with E-state index in [2.05, 4.69) is 4.98 Å². The summed E-state index contributed by atoms with van der Waals surface area (Å²) in [6, 6.07) is 3.10. The molecule has 0 aromatic carbocycles. The van der Waals surface area contributed by atoms with Gasteiger partial charge in [0.05, 0.1) is 11.8 Å². The molecule has 0 saturated heterocycles. The summed E-state index contributed by atoms with van der Waals surface area (Å²) in [5.74, 6) is -2.29. The van der Waals surface area contributed by atoms with E-state index in [1.54, 1.807) is 6.07 Å². The van der Waals surface area contributed by atoms with E-state index < -0.39 is 35.0 Å². The summed E-state index contributed by atoms with van der Waals surface area (Å²) in [5.41, 5.74) is -0.830. The SMILES string of the molecule is Cn1c(=O)c(C(=O)CCC(=O)O)c(O)c2cccnc21. The molecule has 2 N–H and O–H groups in total. The zero-order valence-electron chi connectivity index (χ0n) is 10.7. The molecule has 20 heavy (non-hydrogen) atoms. The molecule has 0 unspecified atom stereocenters. The van der Waals surface area contributed by atoms with Gasteiger partial charge in [-0.1, -0.05) is 0 Å². The van der Waals surface area contributed by atoms with Gasteiger partial charge >= 0.3 is 5.97 Å². The van der Waals surface area contributed by atoms with Crippen molar-refractivity contribution in [2.75, 3.05) is 0 Å². The van der Waals surface area contributed by atoms with Gasteiger partial charge in [-0.3, -0.25) is 19.0 Å². The quantitative estimate of drug-likeness (QED) is 0.795. The molecule has 7 heteroatoms. The Morgan fingerprint density at radius 2 is 2.05 bits per heavy atom. The van der Waals surface area contributed by atoms with Crippen LogP contribution in [0, 0.1) is 0 Å². The number of aryl methyl sites for hydroxylation is 1. The Bertz CT molecular complexity index is 763. The van der Waals surface area contributed by atoms with Gasteiger partial charge in [0.25, 0.3) is 5.56 Å². The molecule has 0 amide bonds. The van der Waals surface area contributed by atoms with E-state index in [9.17, 15) is 19.5 Å². The number of pyridine rings is 2. The summed E-state index contributed by atoms with van der Waals surface area (Å²) in [6.45, 7) is 0. The van der Waals surface area contributed by atoms with Crippen LogP contribution < -0.4 is 5.56 Å². The highest BCUT2D eigenvalue weighted by atomic mass is 16.4. The number of hydrogen-bond donors (Lipinski definition) is 2. The van der Waals surface area contributed by atoms with E-state index in [1.807, 2.05) is 0 Å². The lowest BCUT2D eigenvalue weighted by Gasteiger charge is -2.09. The molecule has 0 aliphatic rings. The Balaban J connectivity index is 2.62. The van der Waals surface area contributed by atoms with Crippen LogP contribution in [0.15, 0.2) is 23.1 Å². The molecule has 0 aliphatic heterocycles. The number of carboxylic acid groups (broad SMARTS) is 1. The number of aliphatic carboxylic acids is 1. The average Bonchev–Trinajstić information content (AvgIpc) is 2.43. The molecule has 0 spiro atoms. The normalized spacial score (nSPS) is 10.7. The Morgan fingerprint density at radius 1 is 1.35 bits per heavy atom. The van der Waals surface area contributed by atoms with Crippen LogP contribution >= 0.6 is 0 Å². The molecule has 2 aromatic heterocycles. The summed E-state index contributed by atoms with van der Waals surface area (Å²) in [5, 5.41) is 18.9. The van der Waals surface area contributed by atoms with Crippen molar-refractivity contribution >= 4 is 22.8 Å². The van der Waals surface area contributed by atoms with Crippen LogP contribution in [0.4, 0.5) is 0 Å². The molecular formula is C13H12N2O5. The number of aromatic hydroxyl groups is 1. The Kier molecular flexibility index (Phi) is 3.51. The zero-order chi connectivity index (χ0) is 14.9. The van der Waals surface area contributed by atoms with Gasteiger partial charge in [0.1, 0.15) is 17.0 Å². The van der Waals surface area contributed by atoms with Gasteiger partial charge in [-0.15, -0.1) is 0 Å². The fourth-order valence-electron chi connectivity index (χ4n) is 1.95. The highest BCUT2D eigenvalue weighted by molar-refractivity contribution is 6.03. The van der Waals surface area contributed by atoms with Crippen molar-refractivity contribution in [2.24, 2.45) is 7.05 Å². The Morgan fingerprint density at radius 3 is 2.70 bits per heavy atom. The molecule has 0 aliphatic carbocycles. The van der Waals surface area contributed by atoms with E-state index in [1.165, 1.54) is 19.3 Å². The maximum Gasteiger partial charge on any atom is 0.303 e. The van der Waals surface area contributed by atoms with Crippen LogP contribution in [0.25, 0.3) is 11.0 Å². The molecular weight excluding hydrogens is 264 g/mol. The summed E-state index contributed by atoms with van der Waals surface area (Å²) in [4.78, 5) is 38.5. The molecule has 7 nitrogen and oxygen atoms in total. The monoisotopic (exact) mass is 276 g/mol.